The zero-order valence-electron chi connectivity index (χ0n) is 8.95. The van der Waals surface area contributed by atoms with Crippen molar-refractivity contribution in [2.24, 2.45) is 5.73 Å². The van der Waals surface area contributed by atoms with Crippen LogP contribution in [-0.2, 0) is 0 Å². The molecule has 0 radical (unpaired) electrons. The maximum atomic E-state index is 5.83. The van der Waals surface area contributed by atoms with Crippen molar-refractivity contribution in [3.05, 3.63) is 29.8 Å². The number of hydrogen-bond donors (Lipinski definition) is 2. The van der Waals surface area contributed by atoms with E-state index >= 15 is 0 Å². The van der Waals surface area contributed by atoms with Crippen LogP contribution in [0.5, 0.6) is 0 Å². The van der Waals surface area contributed by atoms with Gasteiger partial charge in [0.1, 0.15) is 0 Å². The highest BCUT2D eigenvalue weighted by atomic mass is 32.2. The van der Waals surface area contributed by atoms with Gasteiger partial charge in [0.05, 0.1) is 6.17 Å². The lowest BCUT2D eigenvalue weighted by atomic mass is 10.2. The van der Waals surface area contributed by atoms with Gasteiger partial charge < -0.3 is 11.1 Å². The highest BCUT2D eigenvalue weighted by Gasteiger charge is 2.03. The second kappa shape index (κ2) is 5.39. The van der Waals surface area contributed by atoms with Crippen LogP contribution in [0.3, 0.4) is 0 Å². The standard InChI is InChI=1S/C11H18N2S/c1-8(2)14-10-6-4-9(5-7-10)11(12)13-3/h4-8,11,13H,12H2,1-3H3. The maximum Gasteiger partial charge on any atom is 0.0807 e. The van der Waals surface area contributed by atoms with E-state index in [0.717, 1.165) is 5.56 Å². The Bertz CT molecular complexity index is 269. The Kier molecular flexibility index (Phi) is 4.45. The molecule has 0 amide bonds. The lowest BCUT2D eigenvalue weighted by Gasteiger charge is -2.11. The SMILES string of the molecule is CNC(N)c1ccc(SC(C)C)cc1. The van der Waals surface area contributed by atoms with Gasteiger partial charge in [0.2, 0.25) is 0 Å². The average molecular weight is 210 g/mol. The Balaban J connectivity index is 2.68. The van der Waals surface area contributed by atoms with Crippen LogP contribution >= 0.6 is 11.8 Å². The maximum absolute atomic E-state index is 5.83. The molecule has 3 N–H and O–H groups in total. The van der Waals surface area contributed by atoms with Crippen LogP contribution in [0.15, 0.2) is 29.2 Å². The monoisotopic (exact) mass is 210 g/mol. The molecule has 0 fully saturated rings. The van der Waals surface area contributed by atoms with Crippen molar-refractivity contribution >= 4 is 11.8 Å². The summed E-state index contributed by atoms with van der Waals surface area (Å²) >= 11 is 1.87. The van der Waals surface area contributed by atoms with Crippen LogP contribution in [-0.4, -0.2) is 12.3 Å². The molecule has 1 rings (SSSR count). The second-order valence-corrected chi connectivity index (χ2v) is 5.15. The van der Waals surface area contributed by atoms with Crippen LogP contribution in [0.1, 0.15) is 25.6 Å². The fourth-order valence-corrected chi connectivity index (χ4v) is 2.03. The molecule has 2 nitrogen and oxygen atoms in total. The number of benzene rings is 1. The minimum Gasteiger partial charge on any atom is -0.312 e. The highest BCUT2D eigenvalue weighted by molar-refractivity contribution is 7.99. The summed E-state index contributed by atoms with van der Waals surface area (Å²) in [5, 5.41) is 3.64. The molecule has 78 valence electrons. The van der Waals surface area contributed by atoms with Crippen LogP contribution in [0.25, 0.3) is 0 Å². The topological polar surface area (TPSA) is 38.0 Å². The zero-order chi connectivity index (χ0) is 10.6. The molecule has 1 atom stereocenters. The number of nitrogens with one attached hydrogen (secondary N) is 1. The molecule has 0 heterocycles. The van der Waals surface area contributed by atoms with Gasteiger partial charge in [0.15, 0.2) is 0 Å². The number of hydrogen-bond acceptors (Lipinski definition) is 3. The summed E-state index contributed by atoms with van der Waals surface area (Å²) in [6.45, 7) is 4.38. The summed E-state index contributed by atoms with van der Waals surface area (Å²) in [7, 11) is 1.86. The summed E-state index contributed by atoms with van der Waals surface area (Å²) in [6.07, 6.45) is -0.0619. The Hall–Kier alpha value is -0.510. The van der Waals surface area contributed by atoms with E-state index in [9.17, 15) is 0 Å². The summed E-state index contributed by atoms with van der Waals surface area (Å²) < 4.78 is 0. The molecule has 0 saturated heterocycles. The van der Waals surface area contributed by atoms with Gasteiger partial charge in [-0.2, -0.15) is 0 Å². The third-order valence-electron chi connectivity index (χ3n) is 1.92. The summed E-state index contributed by atoms with van der Waals surface area (Å²) in [5.41, 5.74) is 6.95. The minimum absolute atomic E-state index is 0.0619. The lowest BCUT2D eigenvalue weighted by molar-refractivity contribution is 0.622. The normalized spacial score (nSPS) is 13.2. The molecule has 0 saturated carbocycles. The lowest BCUT2D eigenvalue weighted by Crippen LogP contribution is -2.24. The largest absolute Gasteiger partial charge is 0.312 e. The van der Waals surface area contributed by atoms with Crippen molar-refractivity contribution in [1.29, 1.82) is 0 Å². The van der Waals surface area contributed by atoms with Gasteiger partial charge in [-0.05, 0) is 24.7 Å². The molecular formula is C11H18N2S. The van der Waals surface area contributed by atoms with Gasteiger partial charge >= 0.3 is 0 Å². The smallest absolute Gasteiger partial charge is 0.0807 e. The van der Waals surface area contributed by atoms with E-state index in [0.29, 0.717) is 5.25 Å². The van der Waals surface area contributed by atoms with E-state index in [1.165, 1.54) is 4.90 Å². The van der Waals surface area contributed by atoms with Crippen LogP contribution in [0.2, 0.25) is 0 Å². The first kappa shape index (κ1) is 11.6. The third-order valence-corrected chi connectivity index (χ3v) is 2.94. The number of rotatable bonds is 4. The molecule has 14 heavy (non-hydrogen) atoms. The molecule has 0 aromatic heterocycles. The Labute approximate surface area is 90.3 Å². The number of nitrogens with two attached hydrogens (primary N) is 1. The quantitative estimate of drug-likeness (QED) is 0.592. The van der Waals surface area contributed by atoms with E-state index in [-0.39, 0.29) is 6.17 Å². The van der Waals surface area contributed by atoms with E-state index in [1.54, 1.807) is 0 Å². The molecule has 0 bridgehead atoms. The minimum atomic E-state index is -0.0619. The molecule has 1 aromatic rings. The summed E-state index contributed by atoms with van der Waals surface area (Å²) in [6, 6.07) is 8.40. The van der Waals surface area contributed by atoms with E-state index in [2.05, 4.69) is 43.4 Å². The van der Waals surface area contributed by atoms with E-state index in [4.69, 9.17) is 5.73 Å². The van der Waals surface area contributed by atoms with Crippen molar-refractivity contribution in [3.8, 4) is 0 Å². The number of thioether (sulfide) groups is 1. The first-order valence-electron chi connectivity index (χ1n) is 4.83. The van der Waals surface area contributed by atoms with Crippen molar-refractivity contribution in [1.82, 2.24) is 5.32 Å². The van der Waals surface area contributed by atoms with Gasteiger partial charge in [0, 0.05) is 10.1 Å². The summed E-state index contributed by atoms with van der Waals surface area (Å²) in [4.78, 5) is 1.30. The first-order chi connectivity index (χ1) is 6.63. The predicted molar refractivity (Wildman–Crippen MR) is 63.4 cm³/mol. The van der Waals surface area contributed by atoms with Gasteiger partial charge in [-0.15, -0.1) is 11.8 Å². The van der Waals surface area contributed by atoms with E-state index < -0.39 is 0 Å². The van der Waals surface area contributed by atoms with Crippen molar-refractivity contribution in [2.75, 3.05) is 7.05 Å². The second-order valence-electron chi connectivity index (χ2n) is 3.50. The molecule has 1 aromatic carbocycles. The fourth-order valence-electron chi connectivity index (χ4n) is 1.19. The van der Waals surface area contributed by atoms with Crippen molar-refractivity contribution in [3.63, 3.8) is 0 Å². The molecule has 0 aliphatic heterocycles. The van der Waals surface area contributed by atoms with Crippen molar-refractivity contribution < 1.29 is 0 Å². The molecular weight excluding hydrogens is 192 g/mol. The Morgan fingerprint density at radius 3 is 2.21 bits per heavy atom. The Morgan fingerprint density at radius 2 is 1.79 bits per heavy atom. The van der Waals surface area contributed by atoms with Gasteiger partial charge in [-0.1, -0.05) is 26.0 Å². The fraction of sp³-hybridized carbons (Fsp3) is 0.455. The molecule has 0 spiro atoms. The zero-order valence-corrected chi connectivity index (χ0v) is 9.77. The summed E-state index contributed by atoms with van der Waals surface area (Å²) in [5.74, 6) is 0. The predicted octanol–water partition coefficient (Wildman–Crippen LogP) is 2.36. The van der Waals surface area contributed by atoms with Gasteiger partial charge in [0.25, 0.3) is 0 Å². The molecule has 0 aliphatic carbocycles. The Morgan fingerprint density at radius 1 is 1.21 bits per heavy atom. The molecule has 1 unspecified atom stereocenters. The highest BCUT2D eigenvalue weighted by Crippen LogP contribution is 2.23. The molecule has 0 aliphatic rings. The van der Waals surface area contributed by atoms with Crippen LogP contribution in [0.4, 0.5) is 0 Å². The molecule has 3 heteroatoms. The van der Waals surface area contributed by atoms with Gasteiger partial charge in [-0.25, -0.2) is 0 Å². The van der Waals surface area contributed by atoms with Crippen LogP contribution < -0.4 is 11.1 Å². The van der Waals surface area contributed by atoms with Crippen molar-refractivity contribution in [2.45, 2.75) is 30.2 Å². The first-order valence-corrected chi connectivity index (χ1v) is 5.71. The van der Waals surface area contributed by atoms with Crippen LogP contribution in [0, 0.1) is 0 Å². The average Bonchev–Trinajstić information content (AvgIpc) is 2.17. The van der Waals surface area contributed by atoms with E-state index in [1.807, 2.05) is 18.8 Å². The third kappa shape index (κ3) is 3.33. The van der Waals surface area contributed by atoms with Gasteiger partial charge in [-0.3, -0.25) is 0 Å².